The van der Waals surface area contributed by atoms with Gasteiger partial charge in [0.2, 0.25) is 0 Å². The standard InChI is InChI=1S/C48H30O/c1-2-12-34-29-35(28-25-31(34)11-1)32-23-26-33(27-24-32)46-39-15-3-5-17-41(39)47(42-18-6-4-16-40(42)46)37-14-9-13-36(30-37)38-20-10-22-45-48(38)43-19-7-8-21-44(43)49-45/h1-30H/i1D,8D. The summed E-state index contributed by atoms with van der Waals surface area (Å²) in [6, 6.07) is 60.4. The topological polar surface area (TPSA) is 13.1 Å². The summed E-state index contributed by atoms with van der Waals surface area (Å²) >= 11 is 0. The summed E-state index contributed by atoms with van der Waals surface area (Å²) in [4.78, 5) is 0. The van der Waals surface area contributed by atoms with Gasteiger partial charge < -0.3 is 4.42 Å². The Balaban J connectivity index is 1.13. The highest BCUT2D eigenvalue weighted by Gasteiger charge is 2.18. The Bertz CT molecular complexity index is 2930. The number of furan rings is 1. The maximum atomic E-state index is 8.10. The van der Waals surface area contributed by atoms with Gasteiger partial charge in [-0.15, -0.1) is 0 Å². The van der Waals surface area contributed by atoms with E-state index < -0.39 is 0 Å². The molecule has 1 nitrogen and oxygen atoms in total. The van der Waals surface area contributed by atoms with Crippen molar-refractivity contribution in [3.05, 3.63) is 182 Å². The minimum absolute atomic E-state index is 0.442. The smallest absolute Gasteiger partial charge is 0.136 e. The van der Waals surface area contributed by atoms with Crippen LogP contribution in [-0.4, -0.2) is 0 Å². The predicted molar refractivity (Wildman–Crippen MR) is 208 cm³/mol. The Labute approximate surface area is 287 Å². The third-order valence-electron chi connectivity index (χ3n) is 9.93. The molecule has 0 saturated heterocycles. The fourth-order valence-electron chi connectivity index (χ4n) is 7.69. The Kier molecular flexibility index (Phi) is 5.79. The first-order valence-corrected chi connectivity index (χ1v) is 16.7. The third kappa shape index (κ3) is 4.47. The van der Waals surface area contributed by atoms with Crippen LogP contribution in [0.15, 0.2) is 186 Å². The van der Waals surface area contributed by atoms with Gasteiger partial charge in [-0.3, -0.25) is 0 Å². The number of para-hydroxylation sites is 1. The molecular weight excluding hydrogens is 593 g/mol. The summed E-state index contributed by atoms with van der Waals surface area (Å²) in [7, 11) is 0. The van der Waals surface area contributed by atoms with E-state index in [0.717, 1.165) is 55.0 Å². The third-order valence-corrected chi connectivity index (χ3v) is 9.93. The largest absolute Gasteiger partial charge is 0.456 e. The van der Waals surface area contributed by atoms with E-state index in [-0.39, 0.29) is 0 Å². The van der Waals surface area contributed by atoms with Crippen molar-refractivity contribution >= 4 is 54.3 Å². The summed E-state index contributed by atoms with van der Waals surface area (Å²) in [5.74, 6) is 0. The van der Waals surface area contributed by atoms with Crippen molar-refractivity contribution in [2.75, 3.05) is 0 Å². The number of hydrogen-bond acceptors (Lipinski definition) is 1. The molecule has 10 aromatic rings. The van der Waals surface area contributed by atoms with Crippen molar-refractivity contribution in [1.29, 1.82) is 0 Å². The SMILES string of the molecule is [2H]c1ccc2cc(-c3ccc(-c4c5ccccc5c(-c5cccc(-c6cccc7oc8cc([2H])ccc8c67)c5)c5ccccc45)cc3)ccc2c1. The molecule has 0 aliphatic heterocycles. The Morgan fingerprint density at radius 3 is 1.73 bits per heavy atom. The maximum Gasteiger partial charge on any atom is 0.136 e. The molecule has 0 saturated carbocycles. The molecule has 49 heavy (non-hydrogen) atoms. The molecule has 0 radical (unpaired) electrons. The van der Waals surface area contributed by atoms with E-state index >= 15 is 0 Å². The van der Waals surface area contributed by atoms with Crippen LogP contribution >= 0.6 is 0 Å². The molecule has 0 aliphatic rings. The number of hydrogen-bond donors (Lipinski definition) is 0. The molecule has 0 fully saturated rings. The van der Waals surface area contributed by atoms with Gasteiger partial charge in [-0.1, -0.05) is 158 Å². The molecule has 0 unspecified atom stereocenters. The Hall–Kier alpha value is -6.44. The van der Waals surface area contributed by atoms with Gasteiger partial charge in [0, 0.05) is 10.8 Å². The summed E-state index contributed by atoms with van der Waals surface area (Å²) in [6.07, 6.45) is 0. The van der Waals surface area contributed by atoms with Gasteiger partial charge in [-0.2, -0.15) is 0 Å². The van der Waals surface area contributed by atoms with Crippen molar-refractivity contribution in [2.24, 2.45) is 0 Å². The molecule has 0 spiro atoms. The van der Waals surface area contributed by atoms with E-state index in [1.54, 1.807) is 6.07 Å². The maximum absolute atomic E-state index is 8.10. The van der Waals surface area contributed by atoms with Gasteiger partial charge in [0.05, 0.1) is 2.74 Å². The van der Waals surface area contributed by atoms with Crippen LogP contribution in [0.3, 0.4) is 0 Å². The highest BCUT2D eigenvalue weighted by Crippen LogP contribution is 2.45. The summed E-state index contributed by atoms with van der Waals surface area (Å²) in [6.45, 7) is 0. The molecule has 9 aromatic carbocycles. The first-order chi connectivity index (χ1) is 25.1. The van der Waals surface area contributed by atoms with Gasteiger partial charge in [-0.05, 0) is 101 Å². The second kappa shape index (κ2) is 11.1. The Morgan fingerprint density at radius 2 is 0.959 bits per heavy atom. The quantitative estimate of drug-likeness (QED) is 0.178. The van der Waals surface area contributed by atoms with Crippen LogP contribution in [0.5, 0.6) is 0 Å². The molecule has 1 heteroatoms. The lowest BCUT2D eigenvalue weighted by atomic mass is 9.85. The fraction of sp³-hybridized carbons (Fsp3) is 0. The summed E-state index contributed by atoms with van der Waals surface area (Å²) in [5.41, 5.74) is 10.9. The monoisotopic (exact) mass is 624 g/mol. The second-order valence-corrected chi connectivity index (χ2v) is 12.7. The van der Waals surface area contributed by atoms with Crippen LogP contribution in [0, 0.1) is 0 Å². The van der Waals surface area contributed by atoms with Crippen molar-refractivity contribution < 1.29 is 7.16 Å². The van der Waals surface area contributed by atoms with Gasteiger partial charge in [-0.25, -0.2) is 0 Å². The van der Waals surface area contributed by atoms with Crippen molar-refractivity contribution in [3.63, 3.8) is 0 Å². The molecule has 0 atom stereocenters. The zero-order valence-electron chi connectivity index (χ0n) is 28.6. The highest BCUT2D eigenvalue weighted by atomic mass is 16.3. The first kappa shape index (κ1) is 25.6. The lowest BCUT2D eigenvalue weighted by Gasteiger charge is -2.18. The van der Waals surface area contributed by atoms with Gasteiger partial charge in [0.15, 0.2) is 0 Å². The molecule has 1 aromatic heterocycles. The minimum Gasteiger partial charge on any atom is -0.456 e. The van der Waals surface area contributed by atoms with Crippen LogP contribution in [-0.2, 0) is 0 Å². The summed E-state index contributed by atoms with van der Waals surface area (Å²) < 4.78 is 22.3. The van der Waals surface area contributed by atoms with Crippen molar-refractivity contribution in [3.8, 4) is 44.5 Å². The first-order valence-electron chi connectivity index (χ1n) is 17.7. The van der Waals surface area contributed by atoms with Crippen LogP contribution in [0.4, 0.5) is 0 Å². The predicted octanol–water partition coefficient (Wildman–Crippen LogP) is 13.7. The van der Waals surface area contributed by atoms with Crippen molar-refractivity contribution in [2.45, 2.75) is 0 Å². The molecular formula is C48H30O. The molecule has 0 aliphatic carbocycles. The molecule has 0 bridgehead atoms. The lowest BCUT2D eigenvalue weighted by Crippen LogP contribution is -1.91. The molecule has 1 heterocycles. The Morgan fingerprint density at radius 1 is 0.347 bits per heavy atom. The highest BCUT2D eigenvalue weighted by molar-refractivity contribution is 6.22. The van der Waals surface area contributed by atoms with Crippen LogP contribution in [0.25, 0.3) is 98.8 Å². The number of benzene rings is 9. The second-order valence-electron chi connectivity index (χ2n) is 12.7. The number of rotatable bonds is 4. The fourth-order valence-corrected chi connectivity index (χ4v) is 7.69. The summed E-state index contributed by atoms with van der Waals surface area (Å²) in [5, 5.41) is 9.19. The molecule has 0 N–H and O–H groups in total. The van der Waals surface area contributed by atoms with E-state index in [2.05, 4.69) is 121 Å². The van der Waals surface area contributed by atoms with E-state index in [0.29, 0.717) is 12.1 Å². The van der Waals surface area contributed by atoms with Gasteiger partial charge in [0.1, 0.15) is 11.2 Å². The van der Waals surface area contributed by atoms with E-state index in [4.69, 9.17) is 7.16 Å². The van der Waals surface area contributed by atoms with E-state index in [9.17, 15) is 0 Å². The van der Waals surface area contributed by atoms with Gasteiger partial charge >= 0.3 is 0 Å². The molecule has 0 amide bonds. The zero-order chi connectivity index (χ0) is 34.1. The average Bonchev–Trinajstić information content (AvgIpc) is 3.54. The minimum atomic E-state index is 0.442. The molecule has 228 valence electrons. The van der Waals surface area contributed by atoms with E-state index in [1.165, 1.54) is 43.8 Å². The number of fused-ring (bicyclic) bond motifs is 6. The van der Waals surface area contributed by atoms with Crippen LogP contribution in [0.2, 0.25) is 0 Å². The van der Waals surface area contributed by atoms with Crippen LogP contribution < -0.4 is 0 Å². The molecule has 10 rings (SSSR count). The lowest BCUT2D eigenvalue weighted by molar-refractivity contribution is 0.669. The van der Waals surface area contributed by atoms with Crippen molar-refractivity contribution in [1.82, 2.24) is 0 Å². The van der Waals surface area contributed by atoms with Gasteiger partial charge in [0.25, 0.3) is 0 Å². The van der Waals surface area contributed by atoms with Crippen LogP contribution in [0.1, 0.15) is 2.74 Å². The van der Waals surface area contributed by atoms with E-state index in [1.807, 2.05) is 42.5 Å². The zero-order valence-corrected chi connectivity index (χ0v) is 26.6. The normalized spacial score (nSPS) is 12.2. The average molecular weight is 625 g/mol.